The summed E-state index contributed by atoms with van der Waals surface area (Å²) in [6, 6.07) is 7.97. The van der Waals surface area contributed by atoms with Crippen molar-refractivity contribution in [3.8, 4) is 0 Å². The van der Waals surface area contributed by atoms with E-state index in [-0.39, 0.29) is 11.7 Å². The van der Waals surface area contributed by atoms with E-state index in [1.165, 1.54) is 19.4 Å². The lowest BCUT2D eigenvalue weighted by Crippen LogP contribution is -2.70. The number of ether oxygens (including phenoxy) is 1. The number of nitrogens with two attached hydrogens (primary N) is 1. The van der Waals surface area contributed by atoms with Gasteiger partial charge in [-0.2, -0.15) is 0 Å². The maximum Gasteiger partial charge on any atom is 0.248 e. The van der Waals surface area contributed by atoms with Crippen molar-refractivity contribution in [2.75, 3.05) is 13.1 Å². The SMILES string of the molecule is CC[C@]12CN3CC[C@H]1C[C@@H]3[C@H](c1ccnc3ccc(C(N)=O)cc13)O2. The van der Waals surface area contributed by atoms with Gasteiger partial charge in [-0.05, 0) is 61.6 Å². The standard InChI is InChI=1S/C20H23N3O2/c1-2-20-11-23-8-6-13(20)10-17(23)18(25-20)14-5-7-22-16-4-3-12(19(21)24)9-15(14)16/h3-5,7,9,13,17-18H,2,6,8,10-11H2,1H3,(H2,21,24)/t13-,17+,18-,20-/m0/s1. The van der Waals surface area contributed by atoms with Gasteiger partial charge in [-0.3, -0.25) is 14.7 Å². The number of fused-ring (bicyclic) bond motifs is 3. The summed E-state index contributed by atoms with van der Waals surface area (Å²) >= 11 is 0. The lowest BCUT2D eigenvalue weighted by molar-refractivity contribution is -0.274. The fourth-order valence-corrected chi connectivity index (χ4v) is 5.30. The zero-order valence-corrected chi connectivity index (χ0v) is 14.4. The molecule has 1 aromatic carbocycles. The summed E-state index contributed by atoms with van der Waals surface area (Å²) in [5, 5.41) is 0.986. The Kier molecular flexibility index (Phi) is 3.21. The first-order valence-electron chi connectivity index (χ1n) is 9.21. The summed E-state index contributed by atoms with van der Waals surface area (Å²) < 4.78 is 6.76. The molecule has 7 rings (SSSR count). The minimum absolute atomic E-state index is 0.0193. The normalized spacial score (nSPS) is 36.0. The van der Waals surface area contributed by atoms with Crippen LogP contribution in [0.25, 0.3) is 10.9 Å². The van der Waals surface area contributed by atoms with Gasteiger partial charge in [0.05, 0.1) is 17.2 Å². The van der Waals surface area contributed by atoms with E-state index in [2.05, 4.69) is 22.9 Å². The van der Waals surface area contributed by atoms with E-state index in [0.29, 0.717) is 17.5 Å². The molecule has 5 aliphatic rings. The van der Waals surface area contributed by atoms with Crippen LogP contribution in [-0.2, 0) is 4.74 Å². The second kappa shape index (κ2) is 5.26. The van der Waals surface area contributed by atoms with Gasteiger partial charge in [-0.25, -0.2) is 0 Å². The van der Waals surface area contributed by atoms with E-state index in [4.69, 9.17) is 10.5 Å². The highest BCUT2D eigenvalue weighted by Gasteiger charge is 2.58. The first-order chi connectivity index (χ1) is 12.1. The van der Waals surface area contributed by atoms with Gasteiger partial charge in [0.15, 0.2) is 0 Å². The maximum absolute atomic E-state index is 11.6. The van der Waals surface area contributed by atoms with Crippen molar-refractivity contribution in [2.45, 2.75) is 43.9 Å². The molecule has 5 atom stereocenters. The minimum Gasteiger partial charge on any atom is -0.366 e. The number of carbonyl (C=O) groups excluding carboxylic acids is 1. The second-order valence-electron chi connectivity index (χ2n) is 7.71. The first kappa shape index (κ1) is 15.3. The van der Waals surface area contributed by atoms with E-state index in [1.54, 1.807) is 6.07 Å². The fraction of sp³-hybridized carbons (Fsp3) is 0.500. The number of aromatic nitrogens is 1. The van der Waals surface area contributed by atoms with Gasteiger partial charge in [0.2, 0.25) is 5.91 Å². The Morgan fingerprint density at radius 1 is 1.44 bits per heavy atom. The summed E-state index contributed by atoms with van der Waals surface area (Å²) in [7, 11) is 0. The minimum atomic E-state index is -0.407. The molecule has 6 heterocycles. The van der Waals surface area contributed by atoms with Gasteiger partial charge in [0, 0.05) is 29.7 Å². The van der Waals surface area contributed by atoms with E-state index < -0.39 is 5.91 Å². The van der Waals surface area contributed by atoms with Gasteiger partial charge in [0.25, 0.3) is 0 Å². The highest BCUT2D eigenvalue weighted by molar-refractivity contribution is 5.97. The molecule has 5 fully saturated rings. The Morgan fingerprint density at radius 2 is 2.32 bits per heavy atom. The molecule has 0 radical (unpaired) electrons. The Hall–Kier alpha value is -1.98. The van der Waals surface area contributed by atoms with Crippen LogP contribution in [0.5, 0.6) is 0 Å². The van der Waals surface area contributed by atoms with Crippen molar-refractivity contribution >= 4 is 16.8 Å². The first-order valence-corrected chi connectivity index (χ1v) is 9.21. The van der Waals surface area contributed by atoms with Gasteiger partial charge in [-0.15, -0.1) is 0 Å². The number of hydrogen-bond acceptors (Lipinski definition) is 4. The molecule has 2 aromatic rings. The number of carbonyl (C=O) groups is 1. The zero-order chi connectivity index (χ0) is 17.2. The number of amides is 1. The third kappa shape index (κ3) is 2.09. The van der Waals surface area contributed by atoms with E-state index in [0.717, 1.165) is 29.4 Å². The average molecular weight is 337 g/mol. The summed E-state index contributed by atoms with van der Waals surface area (Å²) in [6.07, 6.45) is 5.39. The lowest BCUT2D eigenvalue weighted by atomic mass is 9.66. The molecule has 5 heteroatoms. The smallest absolute Gasteiger partial charge is 0.248 e. The number of primary amides is 1. The summed E-state index contributed by atoms with van der Waals surface area (Å²) in [5.74, 6) is 0.272. The molecule has 130 valence electrons. The molecular formula is C20H23N3O2. The van der Waals surface area contributed by atoms with Crippen LogP contribution < -0.4 is 5.73 Å². The molecule has 25 heavy (non-hydrogen) atoms. The average Bonchev–Trinajstić information content (AvgIpc) is 2.66. The van der Waals surface area contributed by atoms with Crippen molar-refractivity contribution < 1.29 is 9.53 Å². The number of rotatable bonds is 3. The number of hydrogen-bond donors (Lipinski definition) is 1. The molecule has 4 bridgehead atoms. The number of benzene rings is 1. The van der Waals surface area contributed by atoms with Gasteiger partial charge in [-0.1, -0.05) is 6.92 Å². The van der Waals surface area contributed by atoms with Crippen LogP contribution in [0.2, 0.25) is 0 Å². The molecule has 0 saturated carbocycles. The topological polar surface area (TPSA) is 68.5 Å². The van der Waals surface area contributed by atoms with E-state index in [1.807, 2.05) is 18.3 Å². The summed E-state index contributed by atoms with van der Waals surface area (Å²) in [5.41, 5.74) is 8.02. The van der Waals surface area contributed by atoms with Crippen LogP contribution in [-0.4, -0.2) is 40.5 Å². The third-order valence-electron chi connectivity index (χ3n) is 6.65. The van der Waals surface area contributed by atoms with Gasteiger partial charge >= 0.3 is 0 Å². The van der Waals surface area contributed by atoms with Gasteiger partial charge in [0.1, 0.15) is 0 Å². The van der Waals surface area contributed by atoms with Crippen molar-refractivity contribution in [1.82, 2.24) is 9.88 Å². The van der Waals surface area contributed by atoms with Crippen molar-refractivity contribution in [3.63, 3.8) is 0 Å². The number of nitrogens with zero attached hydrogens (tertiary/aromatic N) is 2. The fourth-order valence-electron chi connectivity index (χ4n) is 5.30. The van der Waals surface area contributed by atoms with Crippen LogP contribution >= 0.6 is 0 Å². The Bertz CT molecular complexity index is 867. The number of pyridine rings is 1. The predicted molar refractivity (Wildman–Crippen MR) is 95.2 cm³/mol. The number of morpholine rings is 1. The summed E-state index contributed by atoms with van der Waals surface area (Å²) in [4.78, 5) is 18.7. The Labute approximate surface area is 147 Å². The van der Waals surface area contributed by atoms with Crippen LogP contribution in [0.3, 0.4) is 0 Å². The van der Waals surface area contributed by atoms with Crippen molar-refractivity contribution in [2.24, 2.45) is 11.7 Å². The van der Waals surface area contributed by atoms with Crippen LogP contribution in [0.1, 0.15) is 48.2 Å². The monoisotopic (exact) mass is 337 g/mol. The molecule has 2 N–H and O–H groups in total. The molecular weight excluding hydrogens is 314 g/mol. The third-order valence-corrected chi connectivity index (χ3v) is 6.65. The molecule has 5 aliphatic heterocycles. The zero-order valence-electron chi connectivity index (χ0n) is 14.4. The quantitative estimate of drug-likeness (QED) is 0.935. The Morgan fingerprint density at radius 3 is 3.04 bits per heavy atom. The van der Waals surface area contributed by atoms with Crippen LogP contribution in [0.4, 0.5) is 0 Å². The molecule has 5 saturated heterocycles. The predicted octanol–water partition coefficient (Wildman–Crippen LogP) is 2.65. The highest BCUT2D eigenvalue weighted by Crippen LogP contribution is 2.54. The van der Waals surface area contributed by atoms with E-state index >= 15 is 0 Å². The van der Waals surface area contributed by atoms with Crippen molar-refractivity contribution in [3.05, 3.63) is 41.6 Å². The molecule has 5 nitrogen and oxygen atoms in total. The Balaban J connectivity index is 1.64. The summed E-state index contributed by atoms with van der Waals surface area (Å²) in [6.45, 7) is 4.48. The highest BCUT2D eigenvalue weighted by atomic mass is 16.5. The number of piperidine rings is 3. The molecule has 0 spiro atoms. The molecule has 1 aromatic heterocycles. The molecule has 1 amide bonds. The van der Waals surface area contributed by atoms with E-state index in [9.17, 15) is 4.79 Å². The lowest BCUT2D eigenvalue weighted by Gasteiger charge is -2.64. The van der Waals surface area contributed by atoms with Crippen LogP contribution in [0.15, 0.2) is 30.5 Å². The molecule has 0 aliphatic carbocycles. The second-order valence-corrected chi connectivity index (χ2v) is 7.71. The largest absolute Gasteiger partial charge is 0.366 e. The van der Waals surface area contributed by atoms with Crippen LogP contribution in [0, 0.1) is 5.92 Å². The van der Waals surface area contributed by atoms with Crippen molar-refractivity contribution in [1.29, 1.82) is 0 Å². The maximum atomic E-state index is 11.6. The van der Waals surface area contributed by atoms with Gasteiger partial charge < -0.3 is 10.5 Å². The molecule has 1 unspecified atom stereocenters.